The van der Waals surface area contributed by atoms with Gasteiger partial charge < -0.3 is 10.4 Å². The first kappa shape index (κ1) is 15.6. The van der Waals surface area contributed by atoms with Crippen molar-refractivity contribution < 1.29 is 9.90 Å². The van der Waals surface area contributed by atoms with Crippen molar-refractivity contribution in [3.8, 4) is 0 Å². The van der Waals surface area contributed by atoms with Crippen LogP contribution in [0.2, 0.25) is 0 Å². The van der Waals surface area contributed by atoms with E-state index in [9.17, 15) is 9.90 Å². The number of rotatable bonds is 3. The second-order valence-electron chi connectivity index (χ2n) is 5.34. The highest BCUT2D eigenvalue weighted by atomic mass is 79.9. The normalized spacial score (nSPS) is 20.3. The van der Waals surface area contributed by atoms with E-state index in [2.05, 4.69) is 21.2 Å². The Morgan fingerprint density at radius 3 is 2.77 bits per heavy atom. The van der Waals surface area contributed by atoms with Crippen molar-refractivity contribution in [2.75, 3.05) is 12.3 Å². The largest absolute Gasteiger partial charge is 0.382 e. The van der Waals surface area contributed by atoms with E-state index in [-0.39, 0.29) is 12.5 Å². The number of carbonyl (C=O) groups excluding carboxylic acids is 1. The van der Waals surface area contributed by atoms with Crippen LogP contribution >= 0.6 is 27.7 Å². The number of hydrogen-bond acceptors (Lipinski definition) is 3. The maximum Gasteiger partial charge on any atom is 0.252 e. The van der Waals surface area contributed by atoms with Crippen LogP contribution in [0.5, 0.6) is 0 Å². The van der Waals surface area contributed by atoms with Crippen molar-refractivity contribution in [3.63, 3.8) is 0 Å². The minimum absolute atomic E-state index is 0.186. The van der Waals surface area contributed by atoms with E-state index in [0.29, 0.717) is 11.3 Å². The van der Waals surface area contributed by atoms with E-state index in [1.807, 2.05) is 42.5 Å². The minimum atomic E-state index is -1.02. The monoisotopic (exact) mass is 377 g/mol. The first-order chi connectivity index (χ1) is 10.6. The molecular formula is C17H16BrNO2S. The molecule has 1 atom stereocenters. The number of thioether (sulfide) groups is 1. The lowest BCUT2D eigenvalue weighted by Gasteiger charge is -2.34. The van der Waals surface area contributed by atoms with E-state index in [1.54, 1.807) is 17.8 Å². The molecule has 0 saturated carbocycles. The van der Waals surface area contributed by atoms with E-state index in [1.165, 1.54) is 0 Å². The summed E-state index contributed by atoms with van der Waals surface area (Å²) in [4.78, 5) is 12.3. The molecule has 0 bridgehead atoms. The fraction of sp³-hybridized carbons (Fsp3) is 0.235. The van der Waals surface area contributed by atoms with Gasteiger partial charge in [0.15, 0.2) is 0 Å². The Balaban J connectivity index is 1.77. The summed E-state index contributed by atoms with van der Waals surface area (Å²) < 4.78 is 0.748. The summed E-state index contributed by atoms with van der Waals surface area (Å²) in [5, 5.41) is 13.8. The number of carbonyl (C=O) groups is 1. The standard InChI is InChI=1S/C17H16BrNO2S/c18-15-8-4-2-6-13(15)16(20)19-10-17(21)11-22-9-12-5-1-3-7-14(12)17/h1-8,21H,9-11H2,(H,19,20). The van der Waals surface area contributed by atoms with Gasteiger partial charge in [0.25, 0.3) is 5.91 Å². The summed E-state index contributed by atoms with van der Waals surface area (Å²) in [5.74, 6) is 1.30. The Morgan fingerprint density at radius 1 is 1.23 bits per heavy atom. The van der Waals surface area contributed by atoms with Gasteiger partial charge in [0.2, 0.25) is 0 Å². The molecule has 1 aliphatic rings. The molecule has 0 aromatic heterocycles. The number of nitrogens with one attached hydrogen (secondary N) is 1. The summed E-state index contributed by atoms with van der Waals surface area (Å²) in [5.41, 5.74) is 1.61. The lowest BCUT2D eigenvalue weighted by molar-refractivity contribution is 0.0552. The van der Waals surface area contributed by atoms with Crippen LogP contribution in [0, 0.1) is 0 Å². The molecule has 0 spiro atoms. The Bertz CT molecular complexity index is 707. The summed E-state index contributed by atoms with van der Waals surface area (Å²) in [7, 11) is 0. The average Bonchev–Trinajstić information content (AvgIpc) is 2.54. The second kappa shape index (κ2) is 6.44. The molecule has 5 heteroatoms. The van der Waals surface area contributed by atoms with Crippen molar-refractivity contribution in [2.45, 2.75) is 11.4 Å². The van der Waals surface area contributed by atoms with Crippen molar-refractivity contribution >= 4 is 33.6 Å². The smallest absolute Gasteiger partial charge is 0.252 e. The first-order valence-corrected chi connectivity index (χ1v) is 8.96. The van der Waals surface area contributed by atoms with Gasteiger partial charge in [-0.15, -0.1) is 0 Å². The lowest BCUT2D eigenvalue weighted by Crippen LogP contribution is -2.44. The fourth-order valence-corrected chi connectivity index (χ4v) is 4.25. The topological polar surface area (TPSA) is 49.3 Å². The minimum Gasteiger partial charge on any atom is -0.382 e. The van der Waals surface area contributed by atoms with Gasteiger partial charge in [-0.3, -0.25) is 4.79 Å². The van der Waals surface area contributed by atoms with Crippen LogP contribution < -0.4 is 5.32 Å². The first-order valence-electron chi connectivity index (χ1n) is 7.01. The molecule has 3 rings (SSSR count). The third kappa shape index (κ3) is 3.07. The number of fused-ring (bicyclic) bond motifs is 1. The molecule has 1 amide bonds. The van der Waals surface area contributed by atoms with E-state index >= 15 is 0 Å². The van der Waals surface area contributed by atoms with Gasteiger partial charge in [-0.25, -0.2) is 0 Å². The Labute approximate surface area is 142 Å². The molecule has 0 fully saturated rings. The van der Waals surface area contributed by atoms with E-state index in [0.717, 1.165) is 21.4 Å². The number of amides is 1. The highest BCUT2D eigenvalue weighted by Crippen LogP contribution is 2.35. The van der Waals surface area contributed by atoms with E-state index < -0.39 is 5.60 Å². The zero-order chi connectivity index (χ0) is 15.6. The molecule has 0 radical (unpaired) electrons. The van der Waals surface area contributed by atoms with Gasteiger partial charge in [0.05, 0.1) is 12.1 Å². The highest BCUT2D eigenvalue weighted by molar-refractivity contribution is 9.10. The average molecular weight is 378 g/mol. The number of halogens is 1. The van der Waals surface area contributed by atoms with Crippen LogP contribution in [-0.4, -0.2) is 23.3 Å². The molecule has 22 heavy (non-hydrogen) atoms. The summed E-state index contributed by atoms with van der Waals surface area (Å²) in [6, 6.07) is 15.1. The molecule has 2 aromatic carbocycles. The van der Waals surface area contributed by atoms with Gasteiger partial charge in [-0.1, -0.05) is 36.4 Å². The van der Waals surface area contributed by atoms with Crippen LogP contribution in [-0.2, 0) is 11.4 Å². The molecule has 1 aliphatic heterocycles. The van der Waals surface area contributed by atoms with Crippen LogP contribution in [0.25, 0.3) is 0 Å². The van der Waals surface area contributed by atoms with Crippen molar-refractivity contribution in [2.24, 2.45) is 0 Å². The van der Waals surface area contributed by atoms with Crippen LogP contribution in [0.4, 0.5) is 0 Å². The van der Waals surface area contributed by atoms with Gasteiger partial charge >= 0.3 is 0 Å². The maximum atomic E-state index is 12.3. The molecule has 2 aromatic rings. The SMILES string of the molecule is O=C(NCC1(O)CSCc2ccccc21)c1ccccc1Br. The van der Waals surface area contributed by atoms with Crippen molar-refractivity contribution in [3.05, 3.63) is 69.7 Å². The number of benzene rings is 2. The third-order valence-corrected chi connectivity index (χ3v) is 5.67. The van der Waals surface area contributed by atoms with Gasteiger partial charge in [-0.05, 0) is 39.2 Å². The van der Waals surface area contributed by atoms with Gasteiger partial charge in [-0.2, -0.15) is 11.8 Å². The Hall–Kier alpha value is -1.30. The van der Waals surface area contributed by atoms with Crippen LogP contribution in [0.15, 0.2) is 53.0 Å². The molecular weight excluding hydrogens is 362 g/mol. The number of aliphatic hydroxyl groups is 1. The Kier molecular flexibility index (Phi) is 4.57. The number of hydrogen-bond donors (Lipinski definition) is 2. The maximum absolute atomic E-state index is 12.3. The van der Waals surface area contributed by atoms with Crippen molar-refractivity contribution in [1.29, 1.82) is 0 Å². The molecule has 3 nitrogen and oxygen atoms in total. The summed E-state index contributed by atoms with van der Waals surface area (Å²) >= 11 is 5.06. The molecule has 0 aliphatic carbocycles. The molecule has 2 N–H and O–H groups in total. The van der Waals surface area contributed by atoms with Crippen LogP contribution in [0.1, 0.15) is 21.5 Å². The zero-order valence-corrected chi connectivity index (χ0v) is 14.3. The summed E-state index contributed by atoms with van der Waals surface area (Å²) in [6.45, 7) is 0.206. The van der Waals surface area contributed by atoms with Crippen LogP contribution in [0.3, 0.4) is 0 Å². The fourth-order valence-electron chi connectivity index (χ4n) is 2.62. The molecule has 1 heterocycles. The zero-order valence-electron chi connectivity index (χ0n) is 11.9. The molecule has 1 unspecified atom stereocenters. The van der Waals surface area contributed by atoms with E-state index in [4.69, 9.17) is 0 Å². The third-order valence-electron chi connectivity index (χ3n) is 3.78. The predicted octanol–water partition coefficient (Wildman–Crippen LogP) is 3.31. The quantitative estimate of drug-likeness (QED) is 0.862. The van der Waals surface area contributed by atoms with Gasteiger partial charge in [0.1, 0.15) is 5.60 Å². The second-order valence-corrected chi connectivity index (χ2v) is 7.18. The highest BCUT2D eigenvalue weighted by Gasteiger charge is 2.35. The lowest BCUT2D eigenvalue weighted by atomic mass is 9.91. The predicted molar refractivity (Wildman–Crippen MR) is 93.0 cm³/mol. The Morgan fingerprint density at radius 2 is 1.95 bits per heavy atom. The van der Waals surface area contributed by atoms with Crippen molar-refractivity contribution in [1.82, 2.24) is 5.32 Å². The molecule has 0 saturated heterocycles. The van der Waals surface area contributed by atoms with Gasteiger partial charge in [0, 0.05) is 16.0 Å². The summed E-state index contributed by atoms with van der Waals surface area (Å²) in [6.07, 6.45) is 0. The molecule has 114 valence electrons.